The van der Waals surface area contributed by atoms with Gasteiger partial charge in [-0.3, -0.25) is 4.68 Å². The van der Waals surface area contributed by atoms with E-state index in [1.54, 1.807) is 10.9 Å². The first kappa shape index (κ1) is 12.1. The molecule has 3 nitrogen and oxygen atoms in total. The van der Waals surface area contributed by atoms with Crippen LogP contribution in [0.15, 0.2) is 24.4 Å². The standard InChI is InChI=1S/C13H16ClN3/c1-8-4-9(2)6-10(5-8)12(15)13-11(14)7-16-17(13)3/h4-7,12H,15H2,1-3H3. The maximum absolute atomic E-state index is 6.25. The molecule has 0 saturated heterocycles. The van der Waals surface area contributed by atoms with Crippen LogP contribution in [0.4, 0.5) is 0 Å². The molecule has 1 heterocycles. The van der Waals surface area contributed by atoms with E-state index in [0.29, 0.717) is 5.02 Å². The van der Waals surface area contributed by atoms with Crippen molar-refractivity contribution in [2.24, 2.45) is 12.8 Å². The van der Waals surface area contributed by atoms with Crippen LogP contribution >= 0.6 is 11.6 Å². The number of aromatic nitrogens is 2. The molecule has 2 aromatic rings. The predicted octanol–water partition coefficient (Wildman–Crippen LogP) is 2.74. The van der Waals surface area contributed by atoms with Crippen LogP contribution in [0.25, 0.3) is 0 Å². The summed E-state index contributed by atoms with van der Waals surface area (Å²) in [5.41, 5.74) is 10.6. The number of nitrogens with zero attached hydrogens (tertiary/aromatic N) is 2. The van der Waals surface area contributed by atoms with Gasteiger partial charge in [-0.05, 0) is 19.4 Å². The fourth-order valence-corrected chi connectivity index (χ4v) is 2.40. The van der Waals surface area contributed by atoms with Crippen molar-refractivity contribution in [1.29, 1.82) is 0 Å². The monoisotopic (exact) mass is 249 g/mol. The summed E-state index contributed by atoms with van der Waals surface area (Å²) in [5, 5.41) is 4.72. The van der Waals surface area contributed by atoms with Crippen molar-refractivity contribution >= 4 is 11.6 Å². The van der Waals surface area contributed by atoms with E-state index in [-0.39, 0.29) is 6.04 Å². The van der Waals surface area contributed by atoms with Gasteiger partial charge < -0.3 is 5.73 Å². The lowest BCUT2D eigenvalue weighted by Gasteiger charge is -2.14. The predicted molar refractivity (Wildman–Crippen MR) is 70.2 cm³/mol. The largest absolute Gasteiger partial charge is 0.319 e. The summed E-state index contributed by atoms with van der Waals surface area (Å²) in [6, 6.07) is 6.05. The quantitative estimate of drug-likeness (QED) is 0.890. The molecule has 1 aromatic carbocycles. The smallest absolute Gasteiger partial charge is 0.0837 e. The van der Waals surface area contributed by atoms with Gasteiger partial charge in [0.25, 0.3) is 0 Å². The molecule has 0 bridgehead atoms. The van der Waals surface area contributed by atoms with Crippen LogP contribution in [0.2, 0.25) is 5.02 Å². The molecule has 17 heavy (non-hydrogen) atoms. The molecule has 0 fully saturated rings. The second kappa shape index (κ2) is 4.51. The third-order valence-corrected chi connectivity index (χ3v) is 3.13. The zero-order valence-corrected chi connectivity index (χ0v) is 11.0. The number of hydrogen-bond acceptors (Lipinski definition) is 2. The Morgan fingerprint density at radius 3 is 2.29 bits per heavy atom. The SMILES string of the molecule is Cc1cc(C)cc(C(N)c2c(Cl)cnn2C)c1. The molecule has 1 aromatic heterocycles. The average molecular weight is 250 g/mol. The highest BCUT2D eigenvalue weighted by Gasteiger charge is 2.17. The molecule has 0 aliphatic rings. The summed E-state index contributed by atoms with van der Waals surface area (Å²) >= 11 is 6.11. The van der Waals surface area contributed by atoms with E-state index in [2.05, 4.69) is 37.1 Å². The summed E-state index contributed by atoms with van der Waals surface area (Å²) in [5.74, 6) is 0. The Bertz CT molecular complexity index is 506. The Morgan fingerprint density at radius 1 is 1.24 bits per heavy atom. The van der Waals surface area contributed by atoms with Gasteiger partial charge in [0.1, 0.15) is 0 Å². The zero-order valence-electron chi connectivity index (χ0n) is 10.2. The number of aryl methyl sites for hydroxylation is 3. The molecule has 0 radical (unpaired) electrons. The van der Waals surface area contributed by atoms with E-state index in [1.807, 2.05) is 7.05 Å². The van der Waals surface area contributed by atoms with Crippen LogP contribution in [0.3, 0.4) is 0 Å². The van der Waals surface area contributed by atoms with E-state index in [0.717, 1.165) is 11.3 Å². The van der Waals surface area contributed by atoms with Crippen molar-refractivity contribution in [3.8, 4) is 0 Å². The molecular formula is C13H16ClN3. The van der Waals surface area contributed by atoms with E-state index in [1.165, 1.54) is 11.1 Å². The number of hydrogen-bond donors (Lipinski definition) is 1. The Kier molecular flexibility index (Phi) is 3.22. The number of halogens is 1. The minimum atomic E-state index is -0.242. The molecule has 0 aliphatic heterocycles. The van der Waals surface area contributed by atoms with E-state index in [4.69, 9.17) is 17.3 Å². The van der Waals surface area contributed by atoms with Gasteiger partial charge in [0.05, 0.1) is 23.0 Å². The van der Waals surface area contributed by atoms with E-state index in [9.17, 15) is 0 Å². The van der Waals surface area contributed by atoms with Gasteiger partial charge in [0, 0.05) is 7.05 Å². The van der Waals surface area contributed by atoms with Crippen LogP contribution in [-0.4, -0.2) is 9.78 Å². The Balaban J connectivity index is 2.47. The first-order valence-electron chi connectivity index (χ1n) is 5.50. The van der Waals surface area contributed by atoms with Gasteiger partial charge in [-0.2, -0.15) is 5.10 Å². The maximum atomic E-state index is 6.25. The summed E-state index contributed by atoms with van der Waals surface area (Å²) in [4.78, 5) is 0. The highest BCUT2D eigenvalue weighted by molar-refractivity contribution is 6.31. The van der Waals surface area contributed by atoms with Gasteiger partial charge in [0.15, 0.2) is 0 Å². The third kappa shape index (κ3) is 2.35. The topological polar surface area (TPSA) is 43.8 Å². The van der Waals surface area contributed by atoms with Gasteiger partial charge in [0.2, 0.25) is 0 Å². The first-order valence-corrected chi connectivity index (χ1v) is 5.88. The lowest BCUT2D eigenvalue weighted by Crippen LogP contribution is -2.16. The van der Waals surface area contributed by atoms with Crippen LogP contribution in [0.5, 0.6) is 0 Å². The summed E-state index contributed by atoms with van der Waals surface area (Å²) < 4.78 is 1.73. The van der Waals surface area contributed by atoms with Gasteiger partial charge >= 0.3 is 0 Å². The lowest BCUT2D eigenvalue weighted by atomic mass is 10.00. The van der Waals surface area contributed by atoms with Crippen LogP contribution in [0.1, 0.15) is 28.4 Å². The minimum absolute atomic E-state index is 0.242. The Hall–Kier alpha value is -1.32. The lowest BCUT2D eigenvalue weighted by molar-refractivity contribution is 0.673. The number of nitrogens with two attached hydrogens (primary N) is 1. The Labute approximate surface area is 106 Å². The molecule has 1 atom stereocenters. The van der Waals surface area contributed by atoms with Crippen molar-refractivity contribution in [2.75, 3.05) is 0 Å². The van der Waals surface area contributed by atoms with Crippen LogP contribution in [-0.2, 0) is 7.05 Å². The molecule has 2 N–H and O–H groups in total. The number of rotatable bonds is 2. The Morgan fingerprint density at radius 2 is 1.82 bits per heavy atom. The van der Waals surface area contributed by atoms with Gasteiger partial charge in [-0.25, -0.2) is 0 Å². The second-order valence-corrected chi connectivity index (χ2v) is 4.81. The van der Waals surface area contributed by atoms with Gasteiger partial charge in [-0.1, -0.05) is 40.9 Å². The highest BCUT2D eigenvalue weighted by Crippen LogP contribution is 2.26. The molecule has 4 heteroatoms. The maximum Gasteiger partial charge on any atom is 0.0837 e. The highest BCUT2D eigenvalue weighted by atomic mass is 35.5. The molecule has 0 saturated carbocycles. The molecule has 90 valence electrons. The van der Waals surface area contributed by atoms with E-state index < -0.39 is 0 Å². The first-order chi connectivity index (χ1) is 7.99. The average Bonchev–Trinajstić information content (AvgIpc) is 2.56. The molecule has 0 spiro atoms. The zero-order chi connectivity index (χ0) is 12.6. The third-order valence-electron chi connectivity index (χ3n) is 2.84. The van der Waals surface area contributed by atoms with Crippen molar-refractivity contribution in [3.05, 3.63) is 51.8 Å². The van der Waals surface area contributed by atoms with Gasteiger partial charge in [-0.15, -0.1) is 0 Å². The van der Waals surface area contributed by atoms with Crippen molar-refractivity contribution in [3.63, 3.8) is 0 Å². The molecule has 1 unspecified atom stereocenters. The normalized spacial score (nSPS) is 12.8. The van der Waals surface area contributed by atoms with E-state index >= 15 is 0 Å². The molecule has 0 aliphatic carbocycles. The van der Waals surface area contributed by atoms with Crippen molar-refractivity contribution < 1.29 is 0 Å². The fourth-order valence-electron chi connectivity index (χ4n) is 2.12. The summed E-state index contributed by atoms with van der Waals surface area (Å²) in [7, 11) is 1.85. The second-order valence-electron chi connectivity index (χ2n) is 4.40. The van der Waals surface area contributed by atoms with Crippen molar-refractivity contribution in [2.45, 2.75) is 19.9 Å². The van der Waals surface area contributed by atoms with Crippen LogP contribution in [0, 0.1) is 13.8 Å². The van der Waals surface area contributed by atoms with Crippen LogP contribution < -0.4 is 5.73 Å². The number of benzene rings is 1. The summed E-state index contributed by atoms with van der Waals surface area (Å²) in [6.45, 7) is 4.13. The summed E-state index contributed by atoms with van der Waals surface area (Å²) in [6.07, 6.45) is 1.62. The molecule has 2 rings (SSSR count). The fraction of sp³-hybridized carbons (Fsp3) is 0.308. The molecular weight excluding hydrogens is 234 g/mol. The molecule has 0 amide bonds. The van der Waals surface area contributed by atoms with Crippen molar-refractivity contribution in [1.82, 2.24) is 9.78 Å². The minimum Gasteiger partial charge on any atom is -0.319 e.